The minimum Gasteiger partial charge on any atom is -0.418 e. The Balaban J connectivity index is 2.37. The average molecular weight is 332 g/mol. The molecule has 0 amide bonds. The number of hydrogen-bond donors (Lipinski definition) is 0. The van der Waals surface area contributed by atoms with Gasteiger partial charge in [-0.25, -0.2) is 18.0 Å². The van der Waals surface area contributed by atoms with Gasteiger partial charge in [0.2, 0.25) is 34.8 Å². The SMILES string of the molecule is CO[C@@H](C(=O)Oc1c(F)c(F)c(F)c(F)c1F)c1ccccc1. The van der Waals surface area contributed by atoms with Crippen molar-refractivity contribution < 1.29 is 36.2 Å². The lowest BCUT2D eigenvalue weighted by molar-refractivity contribution is -0.146. The molecule has 0 aromatic heterocycles. The molecule has 0 aliphatic rings. The minimum absolute atomic E-state index is 0.281. The smallest absolute Gasteiger partial charge is 0.345 e. The van der Waals surface area contributed by atoms with Gasteiger partial charge in [-0.15, -0.1) is 0 Å². The van der Waals surface area contributed by atoms with Crippen LogP contribution in [0.3, 0.4) is 0 Å². The fourth-order valence-corrected chi connectivity index (χ4v) is 1.82. The quantitative estimate of drug-likeness (QED) is 0.282. The summed E-state index contributed by atoms with van der Waals surface area (Å²) in [7, 11) is 1.12. The summed E-state index contributed by atoms with van der Waals surface area (Å²) < 4.78 is 75.3. The van der Waals surface area contributed by atoms with Gasteiger partial charge in [-0.3, -0.25) is 0 Å². The molecule has 0 heterocycles. The van der Waals surface area contributed by atoms with E-state index in [4.69, 9.17) is 4.74 Å². The Labute approximate surface area is 127 Å². The van der Waals surface area contributed by atoms with Gasteiger partial charge in [0.05, 0.1) is 0 Å². The van der Waals surface area contributed by atoms with Crippen LogP contribution in [-0.2, 0) is 9.53 Å². The van der Waals surface area contributed by atoms with Crippen LogP contribution in [0.2, 0.25) is 0 Å². The molecule has 0 aliphatic heterocycles. The first-order valence-corrected chi connectivity index (χ1v) is 6.19. The van der Waals surface area contributed by atoms with E-state index in [0.29, 0.717) is 0 Å². The van der Waals surface area contributed by atoms with E-state index in [1.807, 2.05) is 0 Å². The summed E-state index contributed by atoms with van der Waals surface area (Å²) in [6, 6.07) is 7.70. The number of benzene rings is 2. The Morgan fingerprint density at radius 1 is 0.870 bits per heavy atom. The van der Waals surface area contributed by atoms with Crippen LogP contribution in [0.1, 0.15) is 11.7 Å². The highest BCUT2D eigenvalue weighted by molar-refractivity contribution is 5.79. The Hall–Kier alpha value is -2.48. The minimum atomic E-state index is -2.34. The molecule has 0 saturated heterocycles. The van der Waals surface area contributed by atoms with Gasteiger partial charge in [0.25, 0.3) is 0 Å². The van der Waals surface area contributed by atoms with Gasteiger partial charge in [-0.05, 0) is 5.56 Å². The van der Waals surface area contributed by atoms with Crippen molar-refractivity contribution in [2.45, 2.75) is 6.10 Å². The first kappa shape index (κ1) is 16.9. The van der Waals surface area contributed by atoms with Crippen molar-refractivity contribution in [1.29, 1.82) is 0 Å². The summed E-state index contributed by atoms with van der Waals surface area (Å²) in [6.45, 7) is 0. The van der Waals surface area contributed by atoms with Crippen LogP contribution in [0.15, 0.2) is 30.3 Å². The third-order valence-corrected chi connectivity index (χ3v) is 2.92. The normalized spacial score (nSPS) is 12.1. The fourth-order valence-electron chi connectivity index (χ4n) is 1.82. The van der Waals surface area contributed by atoms with Gasteiger partial charge in [0.15, 0.2) is 6.10 Å². The second-order valence-corrected chi connectivity index (χ2v) is 4.35. The van der Waals surface area contributed by atoms with E-state index >= 15 is 0 Å². The Kier molecular flexibility index (Phi) is 4.95. The molecule has 0 aliphatic carbocycles. The molecule has 0 N–H and O–H groups in total. The van der Waals surface area contributed by atoms with Crippen molar-refractivity contribution in [3.8, 4) is 5.75 Å². The predicted octanol–water partition coefficient (Wildman–Crippen LogP) is 3.68. The summed E-state index contributed by atoms with van der Waals surface area (Å²) in [6.07, 6.45) is -1.40. The summed E-state index contributed by atoms with van der Waals surface area (Å²) in [5.74, 6) is -14.2. The van der Waals surface area contributed by atoms with Gasteiger partial charge in [0, 0.05) is 7.11 Å². The number of ether oxygens (including phenoxy) is 2. The van der Waals surface area contributed by atoms with Crippen LogP contribution in [0.4, 0.5) is 22.0 Å². The van der Waals surface area contributed by atoms with Crippen molar-refractivity contribution >= 4 is 5.97 Å². The summed E-state index contributed by atoms with van der Waals surface area (Å²) in [4.78, 5) is 11.9. The van der Waals surface area contributed by atoms with Crippen molar-refractivity contribution in [3.05, 3.63) is 65.0 Å². The first-order valence-electron chi connectivity index (χ1n) is 6.19. The Morgan fingerprint density at radius 2 is 1.35 bits per heavy atom. The van der Waals surface area contributed by atoms with E-state index in [9.17, 15) is 26.7 Å². The van der Waals surface area contributed by atoms with Crippen molar-refractivity contribution in [2.75, 3.05) is 7.11 Å². The molecule has 23 heavy (non-hydrogen) atoms. The maximum atomic E-state index is 13.5. The zero-order valence-corrected chi connectivity index (χ0v) is 11.6. The van der Waals surface area contributed by atoms with E-state index < -0.39 is 46.9 Å². The lowest BCUT2D eigenvalue weighted by Crippen LogP contribution is -2.22. The Morgan fingerprint density at radius 3 is 1.83 bits per heavy atom. The summed E-state index contributed by atoms with van der Waals surface area (Å²) >= 11 is 0. The van der Waals surface area contributed by atoms with E-state index in [1.165, 1.54) is 12.1 Å². The van der Waals surface area contributed by atoms with E-state index in [0.717, 1.165) is 7.11 Å². The number of esters is 1. The standard InChI is InChI=1S/C15H9F5O3/c1-22-13(7-5-3-2-4-6-7)15(21)23-14-11(19)9(17)8(16)10(18)12(14)20/h2-6,13H,1H3/t13-/m1/s1. The molecular formula is C15H9F5O3. The molecule has 0 unspecified atom stereocenters. The van der Waals surface area contributed by atoms with Crippen molar-refractivity contribution in [1.82, 2.24) is 0 Å². The highest BCUT2D eigenvalue weighted by Crippen LogP contribution is 2.30. The zero-order chi connectivity index (χ0) is 17.1. The van der Waals surface area contributed by atoms with E-state index in [-0.39, 0.29) is 5.56 Å². The molecule has 2 aromatic rings. The molecule has 2 rings (SSSR count). The lowest BCUT2D eigenvalue weighted by atomic mass is 10.1. The second kappa shape index (κ2) is 6.74. The van der Waals surface area contributed by atoms with Crippen LogP contribution >= 0.6 is 0 Å². The second-order valence-electron chi connectivity index (χ2n) is 4.35. The fraction of sp³-hybridized carbons (Fsp3) is 0.133. The number of carbonyl (C=O) groups is 1. The van der Waals surface area contributed by atoms with Crippen LogP contribution < -0.4 is 4.74 Å². The number of rotatable bonds is 4. The number of halogens is 5. The summed E-state index contributed by atoms with van der Waals surface area (Å²) in [5, 5.41) is 0. The van der Waals surface area contributed by atoms with Gasteiger partial charge < -0.3 is 9.47 Å². The largest absolute Gasteiger partial charge is 0.418 e. The Bertz CT molecular complexity index is 705. The summed E-state index contributed by atoms with van der Waals surface area (Å²) in [5.41, 5.74) is 0.281. The van der Waals surface area contributed by atoms with Crippen LogP contribution in [0, 0.1) is 29.1 Å². The average Bonchev–Trinajstić information content (AvgIpc) is 2.57. The zero-order valence-electron chi connectivity index (χ0n) is 11.6. The van der Waals surface area contributed by atoms with E-state index in [2.05, 4.69) is 4.74 Å². The molecule has 1 atom stereocenters. The van der Waals surface area contributed by atoms with Crippen molar-refractivity contribution in [2.24, 2.45) is 0 Å². The number of carbonyl (C=O) groups excluding carboxylic acids is 1. The molecule has 3 nitrogen and oxygen atoms in total. The topological polar surface area (TPSA) is 35.5 Å². The van der Waals surface area contributed by atoms with Crippen LogP contribution in [-0.4, -0.2) is 13.1 Å². The third-order valence-electron chi connectivity index (χ3n) is 2.92. The molecule has 0 spiro atoms. The molecule has 0 radical (unpaired) electrons. The monoisotopic (exact) mass is 332 g/mol. The molecule has 0 fully saturated rings. The van der Waals surface area contributed by atoms with Crippen LogP contribution in [0.25, 0.3) is 0 Å². The highest BCUT2D eigenvalue weighted by Gasteiger charge is 2.31. The molecule has 0 saturated carbocycles. The number of methoxy groups -OCH3 is 1. The third kappa shape index (κ3) is 3.16. The molecule has 122 valence electrons. The van der Waals surface area contributed by atoms with Gasteiger partial charge in [0.1, 0.15) is 0 Å². The van der Waals surface area contributed by atoms with Gasteiger partial charge in [-0.2, -0.15) is 8.78 Å². The maximum absolute atomic E-state index is 13.5. The lowest BCUT2D eigenvalue weighted by Gasteiger charge is -2.15. The molecule has 2 aromatic carbocycles. The predicted molar refractivity (Wildman–Crippen MR) is 68.1 cm³/mol. The maximum Gasteiger partial charge on any atom is 0.345 e. The van der Waals surface area contributed by atoms with Gasteiger partial charge in [-0.1, -0.05) is 30.3 Å². The van der Waals surface area contributed by atoms with Crippen molar-refractivity contribution in [3.63, 3.8) is 0 Å². The molecule has 0 bridgehead atoms. The van der Waals surface area contributed by atoms with Gasteiger partial charge >= 0.3 is 5.97 Å². The van der Waals surface area contributed by atoms with E-state index in [1.54, 1.807) is 18.2 Å². The highest BCUT2D eigenvalue weighted by atomic mass is 19.2. The molecular weight excluding hydrogens is 323 g/mol. The number of hydrogen-bond acceptors (Lipinski definition) is 3. The van der Waals surface area contributed by atoms with Crippen LogP contribution in [0.5, 0.6) is 5.75 Å². The first-order chi connectivity index (χ1) is 10.9. The molecule has 8 heteroatoms.